The molecule has 0 fully saturated rings. The van der Waals surface area contributed by atoms with Gasteiger partial charge >= 0.3 is 0 Å². The van der Waals surface area contributed by atoms with Crippen LogP contribution in [0.2, 0.25) is 0 Å². The SMILES string of the molecule is CC(C)Sc1cc(C(C)(C)C)c(O)c(C(C)(C)C)c1. The first kappa shape index (κ1) is 16.4. The van der Waals surface area contributed by atoms with Gasteiger partial charge < -0.3 is 5.11 Å². The van der Waals surface area contributed by atoms with E-state index in [0.29, 0.717) is 11.0 Å². The molecule has 0 aliphatic heterocycles. The highest BCUT2D eigenvalue weighted by atomic mass is 32.2. The Bertz CT molecular complexity index is 412. The number of benzene rings is 1. The van der Waals surface area contributed by atoms with Crippen molar-refractivity contribution in [1.29, 1.82) is 0 Å². The molecule has 0 spiro atoms. The van der Waals surface area contributed by atoms with Crippen LogP contribution in [-0.2, 0) is 10.8 Å². The second kappa shape index (κ2) is 5.40. The van der Waals surface area contributed by atoms with E-state index in [2.05, 4.69) is 67.5 Å². The summed E-state index contributed by atoms with van der Waals surface area (Å²) in [6.07, 6.45) is 0. The predicted octanol–water partition coefficient (Wildman–Crippen LogP) is 5.49. The molecular formula is C17H28OS. The smallest absolute Gasteiger partial charge is 0.123 e. The van der Waals surface area contributed by atoms with Crippen LogP contribution >= 0.6 is 11.8 Å². The molecule has 0 radical (unpaired) electrons. The molecular weight excluding hydrogens is 252 g/mol. The zero-order chi connectivity index (χ0) is 15.0. The average molecular weight is 280 g/mol. The van der Waals surface area contributed by atoms with Crippen molar-refractivity contribution in [1.82, 2.24) is 0 Å². The lowest BCUT2D eigenvalue weighted by Crippen LogP contribution is -2.17. The van der Waals surface area contributed by atoms with Gasteiger partial charge in [-0.3, -0.25) is 0 Å². The monoisotopic (exact) mass is 280 g/mol. The van der Waals surface area contributed by atoms with Gasteiger partial charge in [-0.1, -0.05) is 55.4 Å². The Labute approximate surface area is 122 Å². The number of phenols is 1. The molecule has 1 nitrogen and oxygen atoms in total. The Kier molecular flexibility index (Phi) is 4.66. The molecule has 0 saturated carbocycles. The van der Waals surface area contributed by atoms with Gasteiger partial charge in [-0.2, -0.15) is 0 Å². The first-order valence-electron chi connectivity index (χ1n) is 6.97. The normalized spacial score (nSPS) is 13.1. The molecule has 0 aliphatic carbocycles. The molecule has 2 heteroatoms. The Morgan fingerprint density at radius 1 is 0.895 bits per heavy atom. The summed E-state index contributed by atoms with van der Waals surface area (Å²) in [5.41, 5.74) is 2.00. The Morgan fingerprint density at radius 3 is 1.53 bits per heavy atom. The Morgan fingerprint density at radius 2 is 1.26 bits per heavy atom. The van der Waals surface area contributed by atoms with E-state index in [0.717, 1.165) is 11.1 Å². The first-order chi connectivity index (χ1) is 8.43. The maximum absolute atomic E-state index is 10.6. The van der Waals surface area contributed by atoms with Crippen LogP contribution in [0.15, 0.2) is 17.0 Å². The molecule has 108 valence electrons. The number of rotatable bonds is 2. The fraction of sp³-hybridized carbons (Fsp3) is 0.647. The third-order valence-corrected chi connectivity index (χ3v) is 4.05. The molecule has 1 aromatic carbocycles. The second-order valence-corrected chi connectivity index (χ2v) is 9.18. The fourth-order valence-electron chi connectivity index (χ4n) is 2.09. The van der Waals surface area contributed by atoms with Gasteiger partial charge in [0.05, 0.1) is 0 Å². The molecule has 1 N–H and O–H groups in total. The van der Waals surface area contributed by atoms with E-state index in [4.69, 9.17) is 0 Å². The maximum atomic E-state index is 10.6. The highest BCUT2D eigenvalue weighted by Gasteiger charge is 2.26. The number of thioether (sulfide) groups is 1. The minimum absolute atomic E-state index is 0.0440. The molecule has 1 rings (SSSR count). The molecule has 0 atom stereocenters. The van der Waals surface area contributed by atoms with Gasteiger partial charge in [-0.15, -0.1) is 11.8 Å². The minimum Gasteiger partial charge on any atom is -0.507 e. The van der Waals surface area contributed by atoms with E-state index in [9.17, 15) is 5.11 Å². The van der Waals surface area contributed by atoms with E-state index < -0.39 is 0 Å². The molecule has 1 aromatic rings. The Balaban J connectivity index is 3.48. The molecule has 0 bridgehead atoms. The van der Waals surface area contributed by atoms with Gasteiger partial charge in [0.2, 0.25) is 0 Å². The molecule has 0 saturated heterocycles. The highest BCUT2D eigenvalue weighted by Crippen LogP contribution is 2.42. The number of phenolic OH excluding ortho intramolecular Hbond substituents is 1. The summed E-state index contributed by atoms with van der Waals surface area (Å²) in [7, 11) is 0. The van der Waals surface area contributed by atoms with Gasteiger partial charge in [0.15, 0.2) is 0 Å². The molecule has 19 heavy (non-hydrogen) atoms. The summed E-state index contributed by atoms with van der Waals surface area (Å²) in [6, 6.07) is 4.30. The summed E-state index contributed by atoms with van der Waals surface area (Å²) in [6.45, 7) is 17.3. The van der Waals surface area contributed by atoms with E-state index in [1.54, 1.807) is 0 Å². The summed E-state index contributed by atoms with van der Waals surface area (Å²) >= 11 is 1.86. The van der Waals surface area contributed by atoms with Crippen LogP contribution in [0, 0.1) is 0 Å². The minimum atomic E-state index is -0.0440. The molecule has 0 heterocycles. The third-order valence-electron chi connectivity index (χ3n) is 3.07. The van der Waals surface area contributed by atoms with Crippen LogP contribution < -0.4 is 0 Å². The zero-order valence-corrected chi connectivity index (χ0v) is 14.4. The van der Waals surface area contributed by atoms with E-state index in [1.165, 1.54) is 4.90 Å². The maximum Gasteiger partial charge on any atom is 0.123 e. The summed E-state index contributed by atoms with van der Waals surface area (Å²) in [4.78, 5) is 1.25. The topological polar surface area (TPSA) is 20.2 Å². The van der Waals surface area contributed by atoms with Crippen molar-refractivity contribution < 1.29 is 5.11 Å². The Hall–Kier alpha value is -0.630. The van der Waals surface area contributed by atoms with Crippen LogP contribution in [0.4, 0.5) is 0 Å². The van der Waals surface area contributed by atoms with Crippen molar-refractivity contribution in [3.8, 4) is 5.75 Å². The lowest BCUT2D eigenvalue weighted by molar-refractivity contribution is 0.422. The van der Waals surface area contributed by atoms with Gasteiger partial charge in [0, 0.05) is 21.3 Å². The van der Waals surface area contributed by atoms with Crippen molar-refractivity contribution in [3.63, 3.8) is 0 Å². The van der Waals surface area contributed by atoms with E-state index in [1.807, 2.05) is 11.8 Å². The standard InChI is InChI=1S/C17H28OS/c1-11(2)19-12-9-13(16(3,4)5)15(18)14(10-12)17(6,7)8/h9-11,18H,1-8H3. The van der Waals surface area contributed by atoms with Crippen molar-refractivity contribution in [3.05, 3.63) is 23.3 Å². The summed E-state index contributed by atoms with van der Waals surface area (Å²) < 4.78 is 0. The molecule has 0 aromatic heterocycles. The highest BCUT2D eigenvalue weighted by molar-refractivity contribution is 7.99. The van der Waals surface area contributed by atoms with E-state index in [-0.39, 0.29) is 10.8 Å². The average Bonchev–Trinajstić information content (AvgIpc) is 2.16. The van der Waals surface area contributed by atoms with Crippen LogP contribution in [0.1, 0.15) is 66.5 Å². The zero-order valence-electron chi connectivity index (χ0n) is 13.6. The quantitative estimate of drug-likeness (QED) is 0.723. The largest absolute Gasteiger partial charge is 0.507 e. The number of aromatic hydroxyl groups is 1. The van der Waals surface area contributed by atoms with E-state index >= 15 is 0 Å². The van der Waals surface area contributed by atoms with Crippen molar-refractivity contribution in [2.75, 3.05) is 0 Å². The first-order valence-corrected chi connectivity index (χ1v) is 7.85. The van der Waals surface area contributed by atoms with Crippen LogP contribution in [0.3, 0.4) is 0 Å². The number of hydrogen-bond acceptors (Lipinski definition) is 2. The van der Waals surface area contributed by atoms with Gasteiger partial charge in [-0.25, -0.2) is 0 Å². The number of hydrogen-bond donors (Lipinski definition) is 1. The predicted molar refractivity (Wildman–Crippen MR) is 86.5 cm³/mol. The van der Waals surface area contributed by atoms with Crippen molar-refractivity contribution in [2.45, 2.75) is 76.4 Å². The third kappa shape index (κ3) is 4.17. The molecule has 0 aliphatic rings. The molecule has 0 amide bonds. The summed E-state index contributed by atoms with van der Waals surface area (Å²) in [5, 5.41) is 11.2. The van der Waals surface area contributed by atoms with Gasteiger partial charge in [0.25, 0.3) is 0 Å². The fourth-order valence-corrected chi connectivity index (χ4v) is 3.01. The lowest BCUT2D eigenvalue weighted by atomic mass is 9.79. The van der Waals surface area contributed by atoms with Gasteiger partial charge in [0.1, 0.15) is 5.75 Å². The van der Waals surface area contributed by atoms with Crippen LogP contribution in [-0.4, -0.2) is 10.4 Å². The lowest BCUT2D eigenvalue weighted by Gasteiger charge is -2.28. The van der Waals surface area contributed by atoms with Crippen molar-refractivity contribution in [2.24, 2.45) is 0 Å². The molecule has 0 unspecified atom stereocenters. The van der Waals surface area contributed by atoms with Crippen LogP contribution in [0.25, 0.3) is 0 Å². The van der Waals surface area contributed by atoms with Crippen LogP contribution in [0.5, 0.6) is 5.75 Å². The summed E-state index contributed by atoms with van der Waals surface area (Å²) in [5.74, 6) is 0.466. The van der Waals surface area contributed by atoms with Gasteiger partial charge in [-0.05, 0) is 23.0 Å². The van der Waals surface area contributed by atoms with Crippen molar-refractivity contribution >= 4 is 11.8 Å². The second-order valence-electron chi connectivity index (χ2n) is 7.53.